The summed E-state index contributed by atoms with van der Waals surface area (Å²) in [6.07, 6.45) is -0.829. The Morgan fingerprint density at radius 3 is 2.35 bits per heavy atom. The van der Waals surface area contributed by atoms with Crippen molar-refractivity contribution < 1.29 is 19.0 Å². The number of anilines is 1. The van der Waals surface area contributed by atoms with E-state index in [1.165, 1.54) is 12.1 Å². The quantitative estimate of drug-likeness (QED) is 0.787. The number of aliphatic hydroxyl groups is 2. The van der Waals surface area contributed by atoms with Crippen LogP contribution in [0.1, 0.15) is 0 Å². The lowest BCUT2D eigenvalue weighted by Gasteiger charge is -2.11. The number of hydrogen-bond acceptors (Lipinski definition) is 3. The molecule has 0 heterocycles. The van der Waals surface area contributed by atoms with E-state index in [2.05, 4.69) is 5.32 Å². The zero-order chi connectivity index (χ0) is 14.5. The Kier molecular flexibility index (Phi) is 4.65. The van der Waals surface area contributed by atoms with Crippen LogP contribution in [0.4, 0.5) is 14.5 Å². The molecule has 1 atom stereocenters. The Labute approximate surface area is 115 Å². The zero-order valence-electron chi connectivity index (χ0n) is 10.7. The highest BCUT2D eigenvalue weighted by Crippen LogP contribution is 2.24. The molecule has 5 heteroatoms. The Bertz CT molecular complexity index is 573. The van der Waals surface area contributed by atoms with Crippen molar-refractivity contribution in [1.82, 2.24) is 0 Å². The number of benzene rings is 2. The van der Waals surface area contributed by atoms with E-state index in [0.717, 1.165) is 11.8 Å². The molecule has 0 saturated heterocycles. The molecule has 2 rings (SSSR count). The summed E-state index contributed by atoms with van der Waals surface area (Å²) in [4.78, 5) is 0. The van der Waals surface area contributed by atoms with Crippen molar-refractivity contribution in [2.24, 2.45) is 0 Å². The third kappa shape index (κ3) is 3.53. The molecule has 1 unspecified atom stereocenters. The Morgan fingerprint density at radius 2 is 1.75 bits per heavy atom. The van der Waals surface area contributed by atoms with Crippen LogP contribution >= 0.6 is 0 Å². The maximum Gasteiger partial charge on any atom is 0.133 e. The fraction of sp³-hybridized carbons (Fsp3) is 0.200. The standard InChI is InChI=1S/C15H15F2NO2/c16-11-3-6-14(15(17)7-11)10-1-4-12(5-2-10)18-8-13(20)9-19/h1-7,13,18-20H,8-9H2. The number of nitrogens with one attached hydrogen (secondary N) is 1. The van der Waals surface area contributed by atoms with E-state index in [0.29, 0.717) is 11.1 Å². The van der Waals surface area contributed by atoms with Crippen LogP contribution < -0.4 is 5.32 Å². The molecule has 0 aromatic heterocycles. The van der Waals surface area contributed by atoms with Gasteiger partial charge in [0.25, 0.3) is 0 Å². The minimum Gasteiger partial charge on any atom is -0.394 e. The first-order chi connectivity index (χ1) is 9.60. The van der Waals surface area contributed by atoms with Crippen molar-refractivity contribution in [2.45, 2.75) is 6.10 Å². The second-order valence-corrected chi connectivity index (χ2v) is 4.42. The molecule has 0 fully saturated rings. The van der Waals surface area contributed by atoms with Crippen molar-refractivity contribution >= 4 is 5.69 Å². The Balaban J connectivity index is 2.11. The third-order valence-corrected chi connectivity index (χ3v) is 2.88. The van der Waals surface area contributed by atoms with Crippen LogP contribution in [0.2, 0.25) is 0 Å². The first kappa shape index (κ1) is 14.4. The first-order valence-corrected chi connectivity index (χ1v) is 6.18. The summed E-state index contributed by atoms with van der Waals surface area (Å²) < 4.78 is 26.5. The van der Waals surface area contributed by atoms with E-state index in [9.17, 15) is 13.9 Å². The summed E-state index contributed by atoms with van der Waals surface area (Å²) in [5.41, 5.74) is 1.70. The van der Waals surface area contributed by atoms with Gasteiger partial charge in [0.2, 0.25) is 0 Å². The number of rotatable bonds is 5. The average Bonchev–Trinajstić information content (AvgIpc) is 2.45. The molecular formula is C15H15F2NO2. The lowest BCUT2D eigenvalue weighted by atomic mass is 10.0. The van der Waals surface area contributed by atoms with Crippen LogP contribution in [0.5, 0.6) is 0 Å². The molecule has 0 saturated carbocycles. The number of halogens is 2. The zero-order valence-corrected chi connectivity index (χ0v) is 10.7. The van der Waals surface area contributed by atoms with E-state index in [4.69, 9.17) is 5.11 Å². The summed E-state index contributed by atoms with van der Waals surface area (Å²) >= 11 is 0. The SMILES string of the molecule is OCC(O)CNc1ccc(-c2ccc(F)cc2F)cc1. The van der Waals surface area contributed by atoms with Gasteiger partial charge in [-0.1, -0.05) is 12.1 Å². The molecule has 2 aromatic rings. The summed E-state index contributed by atoms with van der Waals surface area (Å²) in [6, 6.07) is 10.3. The predicted molar refractivity (Wildman–Crippen MR) is 73.4 cm³/mol. The molecule has 0 radical (unpaired) electrons. The minimum absolute atomic E-state index is 0.223. The van der Waals surface area contributed by atoms with E-state index in [1.54, 1.807) is 24.3 Å². The monoisotopic (exact) mass is 279 g/mol. The number of hydrogen-bond donors (Lipinski definition) is 3. The van der Waals surface area contributed by atoms with Gasteiger partial charge < -0.3 is 15.5 Å². The van der Waals surface area contributed by atoms with Crippen molar-refractivity contribution in [3.05, 3.63) is 54.1 Å². The van der Waals surface area contributed by atoms with Crippen LogP contribution in [0.15, 0.2) is 42.5 Å². The molecule has 3 N–H and O–H groups in total. The average molecular weight is 279 g/mol. The highest BCUT2D eigenvalue weighted by molar-refractivity contribution is 5.66. The molecule has 2 aromatic carbocycles. The molecule has 0 aliphatic carbocycles. The largest absolute Gasteiger partial charge is 0.394 e. The van der Waals surface area contributed by atoms with Crippen LogP contribution in [-0.2, 0) is 0 Å². The summed E-state index contributed by atoms with van der Waals surface area (Å²) in [5, 5.41) is 20.8. The second kappa shape index (κ2) is 6.45. The maximum absolute atomic E-state index is 13.6. The van der Waals surface area contributed by atoms with Gasteiger partial charge in [-0.3, -0.25) is 0 Å². The molecule has 0 spiro atoms. The van der Waals surface area contributed by atoms with Gasteiger partial charge in [0.05, 0.1) is 12.7 Å². The van der Waals surface area contributed by atoms with Crippen molar-refractivity contribution in [3.8, 4) is 11.1 Å². The highest BCUT2D eigenvalue weighted by Gasteiger charge is 2.06. The Morgan fingerprint density at radius 1 is 1.05 bits per heavy atom. The fourth-order valence-corrected chi connectivity index (χ4v) is 1.79. The van der Waals surface area contributed by atoms with Gasteiger partial charge in [0, 0.05) is 23.9 Å². The van der Waals surface area contributed by atoms with Gasteiger partial charge in [0.1, 0.15) is 11.6 Å². The summed E-state index contributed by atoms with van der Waals surface area (Å²) in [7, 11) is 0. The van der Waals surface area contributed by atoms with Gasteiger partial charge in [-0.05, 0) is 29.8 Å². The summed E-state index contributed by atoms with van der Waals surface area (Å²) in [6.45, 7) is -0.0906. The van der Waals surface area contributed by atoms with Crippen molar-refractivity contribution in [1.29, 1.82) is 0 Å². The van der Waals surface area contributed by atoms with E-state index in [-0.39, 0.29) is 13.2 Å². The van der Waals surface area contributed by atoms with Crippen LogP contribution in [0, 0.1) is 11.6 Å². The lowest BCUT2D eigenvalue weighted by Crippen LogP contribution is -2.22. The predicted octanol–water partition coefficient (Wildman–Crippen LogP) is 2.40. The van der Waals surface area contributed by atoms with Crippen molar-refractivity contribution in [3.63, 3.8) is 0 Å². The van der Waals surface area contributed by atoms with Crippen LogP contribution in [0.25, 0.3) is 11.1 Å². The third-order valence-electron chi connectivity index (χ3n) is 2.88. The molecule has 106 valence electrons. The smallest absolute Gasteiger partial charge is 0.133 e. The highest BCUT2D eigenvalue weighted by atomic mass is 19.1. The Hall–Kier alpha value is -1.98. The van der Waals surface area contributed by atoms with E-state index >= 15 is 0 Å². The van der Waals surface area contributed by atoms with Gasteiger partial charge in [-0.2, -0.15) is 0 Å². The fourth-order valence-electron chi connectivity index (χ4n) is 1.79. The second-order valence-electron chi connectivity index (χ2n) is 4.42. The van der Waals surface area contributed by atoms with Gasteiger partial charge >= 0.3 is 0 Å². The molecule has 0 amide bonds. The molecule has 20 heavy (non-hydrogen) atoms. The molecule has 0 aliphatic rings. The molecule has 0 aliphatic heterocycles. The lowest BCUT2D eigenvalue weighted by molar-refractivity contribution is 0.105. The summed E-state index contributed by atoms with van der Waals surface area (Å²) in [5.74, 6) is -1.22. The van der Waals surface area contributed by atoms with Crippen LogP contribution in [-0.4, -0.2) is 29.5 Å². The number of aliphatic hydroxyl groups excluding tert-OH is 2. The topological polar surface area (TPSA) is 52.5 Å². The maximum atomic E-state index is 13.6. The molecule has 0 bridgehead atoms. The van der Waals surface area contributed by atoms with Gasteiger partial charge in [-0.15, -0.1) is 0 Å². The van der Waals surface area contributed by atoms with E-state index < -0.39 is 17.7 Å². The van der Waals surface area contributed by atoms with E-state index in [1.807, 2.05) is 0 Å². The van der Waals surface area contributed by atoms with Crippen LogP contribution in [0.3, 0.4) is 0 Å². The minimum atomic E-state index is -0.829. The molecular weight excluding hydrogens is 264 g/mol. The van der Waals surface area contributed by atoms with Gasteiger partial charge in [0.15, 0.2) is 0 Å². The molecule has 3 nitrogen and oxygen atoms in total. The first-order valence-electron chi connectivity index (χ1n) is 6.18. The van der Waals surface area contributed by atoms with Crippen molar-refractivity contribution in [2.75, 3.05) is 18.5 Å². The van der Waals surface area contributed by atoms with Gasteiger partial charge in [-0.25, -0.2) is 8.78 Å². The normalized spacial score (nSPS) is 12.2.